The summed E-state index contributed by atoms with van der Waals surface area (Å²) < 4.78 is 5.75. The van der Waals surface area contributed by atoms with E-state index in [2.05, 4.69) is 10.6 Å². The zero-order chi connectivity index (χ0) is 15.4. The van der Waals surface area contributed by atoms with Crippen molar-refractivity contribution in [2.75, 3.05) is 18.4 Å². The highest BCUT2D eigenvalue weighted by atomic mass is 16.5. The van der Waals surface area contributed by atoms with Gasteiger partial charge in [-0.25, -0.2) is 0 Å². The number of anilines is 1. The van der Waals surface area contributed by atoms with Crippen LogP contribution in [0.1, 0.15) is 55.8 Å². The average molecular weight is 302 g/mol. The van der Waals surface area contributed by atoms with Crippen LogP contribution in [0.3, 0.4) is 0 Å². The first-order chi connectivity index (χ1) is 10.7. The molecule has 0 bridgehead atoms. The molecule has 1 atom stereocenters. The monoisotopic (exact) mass is 302 g/mol. The van der Waals surface area contributed by atoms with Gasteiger partial charge in [-0.05, 0) is 38.0 Å². The summed E-state index contributed by atoms with van der Waals surface area (Å²) in [7, 11) is 0. The highest BCUT2D eigenvalue weighted by Crippen LogP contribution is 2.30. The number of Topliss-reactive ketones (excluding diaryl/α,β-unsaturated/α-hetero) is 1. The Morgan fingerprint density at radius 2 is 2.05 bits per heavy atom. The van der Waals surface area contributed by atoms with Gasteiger partial charge in [-0.3, -0.25) is 4.79 Å². The number of benzene rings is 1. The third-order valence-corrected chi connectivity index (χ3v) is 4.62. The standard InChI is InChI=1S/C18H26N2O2/c1-13-11-20-16-10-14(8-9-18(16)22-13)17(21)12-19-15-6-4-2-3-5-7-15/h8-10,13,15,19-20H,2-7,11-12H2,1H3. The molecule has 2 aliphatic rings. The van der Waals surface area contributed by atoms with Crippen molar-refractivity contribution in [3.8, 4) is 5.75 Å². The van der Waals surface area contributed by atoms with Crippen molar-refractivity contribution >= 4 is 11.5 Å². The Morgan fingerprint density at radius 3 is 2.82 bits per heavy atom. The molecule has 0 amide bonds. The Labute approximate surface area is 132 Å². The van der Waals surface area contributed by atoms with E-state index < -0.39 is 0 Å². The largest absolute Gasteiger partial charge is 0.487 e. The Balaban J connectivity index is 1.58. The van der Waals surface area contributed by atoms with E-state index in [9.17, 15) is 4.79 Å². The van der Waals surface area contributed by atoms with Gasteiger partial charge < -0.3 is 15.4 Å². The molecule has 1 aromatic rings. The molecule has 1 unspecified atom stereocenters. The van der Waals surface area contributed by atoms with E-state index in [0.29, 0.717) is 12.6 Å². The summed E-state index contributed by atoms with van der Waals surface area (Å²) in [6.45, 7) is 3.25. The van der Waals surface area contributed by atoms with Crippen LogP contribution in [-0.2, 0) is 0 Å². The average Bonchev–Trinajstić information content (AvgIpc) is 2.80. The third-order valence-electron chi connectivity index (χ3n) is 4.62. The van der Waals surface area contributed by atoms with Crippen molar-refractivity contribution in [2.45, 2.75) is 57.6 Å². The number of carbonyl (C=O) groups is 1. The fourth-order valence-corrected chi connectivity index (χ4v) is 3.28. The zero-order valence-electron chi connectivity index (χ0n) is 13.4. The molecule has 120 valence electrons. The zero-order valence-corrected chi connectivity index (χ0v) is 13.4. The normalized spacial score (nSPS) is 22.1. The molecule has 0 aromatic heterocycles. The van der Waals surface area contributed by atoms with Gasteiger partial charge in [0.1, 0.15) is 11.9 Å². The molecular formula is C18H26N2O2. The molecule has 3 rings (SSSR count). The third kappa shape index (κ3) is 3.80. The highest BCUT2D eigenvalue weighted by molar-refractivity contribution is 5.98. The van der Waals surface area contributed by atoms with Gasteiger partial charge in [-0.1, -0.05) is 25.7 Å². The van der Waals surface area contributed by atoms with Crippen molar-refractivity contribution in [1.82, 2.24) is 5.32 Å². The molecule has 2 N–H and O–H groups in total. The SMILES string of the molecule is CC1CNc2cc(C(=O)CNC3CCCCCC3)ccc2O1. The van der Waals surface area contributed by atoms with Gasteiger partial charge in [0.05, 0.1) is 18.8 Å². The fourth-order valence-electron chi connectivity index (χ4n) is 3.28. The number of carbonyl (C=O) groups excluding carboxylic acids is 1. The molecule has 4 heteroatoms. The summed E-state index contributed by atoms with van der Waals surface area (Å²) in [5.74, 6) is 1.000. The van der Waals surface area contributed by atoms with Gasteiger partial charge >= 0.3 is 0 Å². The predicted molar refractivity (Wildman–Crippen MR) is 88.8 cm³/mol. The van der Waals surface area contributed by atoms with E-state index in [1.165, 1.54) is 38.5 Å². The summed E-state index contributed by atoms with van der Waals surface area (Å²) in [6, 6.07) is 6.19. The van der Waals surface area contributed by atoms with Crippen LogP contribution >= 0.6 is 0 Å². The second-order valence-electron chi connectivity index (χ2n) is 6.51. The van der Waals surface area contributed by atoms with Gasteiger partial charge in [0.2, 0.25) is 0 Å². The lowest BCUT2D eigenvalue weighted by Crippen LogP contribution is -2.33. The van der Waals surface area contributed by atoms with Crippen LogP contribution in [-0.4, -0.2) is 31.0 Å². The molecule has 0 radical (unpaired) electrons. The molecule has 0 saturated heterocycles. The van der Waals surface area contributed by atoms with Gasteiger partial charge in [0, 0.05) is 11.6 Å². The summed E-state index contributed by atoms with van der Waals surface area (Å²) in [5, 5.41) is 6.77. The molecule has 0 spiro atoms. The van der Waals surface area contributed by atoms with E-state index >= 15 is 0 Å². The molecule has 1 aliphatic carbocycles. The van der Waals surface area contributed by atoms with Crippen LogP contribution in [0.2, 0.25) is 0 Å². The van der Waals surface area contributed by atoms with Crippen molar-refractivity contribution in [3.63, 3.8) is 0 Å². The lowest BCUT2D eigenvalue weighted by molar-refractivity contribution is 0.0986. The minimum atomic E-state index is 0.160. The first kappa shape index (κ1) is 15.3. The highest BCUT2D eigenvalue weighted by Gasteiger charge is 2.18. The number of ketones is 1. The van der Waals surface area contributed by atoms with E-state index in [0.717, 1.165) is 23.5 Å². The van der Waals surface area contributed by atoms with E-state index in [1.54, 1.807) is 0 Å². The molecule has 1 aliphatic heterocycles. The Morgan fingerprint density at radius 1 is 1.27 bits per heavy atom. The lowest BCUT2D eigenvalue weighted by atomic mass is 10.1. The van der Waals surface area contributed by atoms with Crippen LogP contribution in [0.5, 0.6) is 5.75 Å². The van der Waals surface area contributed by atoms with Gasteiger partial charge in [0.15, 0.2) is 5.78 Å². The van der Waals surface area contributed by atoms with Gasteiger partial charge in [0.25, 0.3) is 0 Å². The summed E-state index contributed by atoms with van der Waals surface area (Å²) in [5.41, 5.74) is 1.68. The molecule has 1 saturated carbocycles. The number of nitrogens with one attached hydrogen (secondary N) is 2. The number of fused-ring (bicyclic) bond motifs is 1. The summed E-state index contributed by atoms with van der Waals surface area (Å²) in [6.07, 6.45) is 7.80. The van der Waals surface area contributed by atoms with Gasteiger partial charge in [-0.15, -0.1) is 0 Å². The molecular weight excluding hydrogens is 276 g/mol. The maximum Gasteiger partial charge on any atom is 0.176 e. The number of rotatable bonds is 4. The Kier molecular flexibility index (Phi) is 4.98. The minimum absolute atomic E-state index is 0.160. The van der Waals surface area contributed by atoms with E-state index in [-0.39, 0.29) is 11.9 Å². The minimum Gasteiger partial charge on any atom is -0.487 e. The van der Waals surface area contributed by atoms with E-state index in [4.69, 9.17) is 4.74 Å². The number of hydrogen-bond donors (Lipinski definition) is 2. The van der Waals surface area contributed by atoms with Crippen LogP contribution in [0.4, 0.5) is 5.69 Å². The lowest BCUT2D eigenvalue weighted by Gasteiger charge is -2.25. The van der Waals surface area contributed by atoms with Crippen molar-refractivity contribution in [3.05, 3.63) is 23.8 Å². The second-order valence-corrected chi connectivity index (χ2v) is 6.51. The smallest absolute Gasteiger partial charge is 0.176 e. The fraction of sp³-hybridized carbons (Fsp3) is 0.611. The quantitative estimate of drug-likeness (QED) is 0.661. The first-order valence-corrected chi connectivity index (χ1v) is 8.53. The molecule has 1 fully saturated rings. The van der Waals surface area contributed by atoms with Crippen LogP contribution in [0.15, 0.2) is 18.2 Å². The number of ether oxygens (including phenoxy) is 1. The molecule has 1 aromatic carbocycles. The van der Waals surface area contributed by atoms with Crippen molar-refractivity contribution in [1.29, 1.82) is 0 Å². The van der Waals surface area contributed by atoms with Crippen molar-refractivity contribution in [2.24, 2.45) is 0 Å². The van der Waals surface area contributed by atoms with E-state index in [1.807, 2.05) is 25.1 Å². The van der Waals surface area contributed by atoms with Gasteiger partial charge in [-0.2, -0.15) is 0 Å². The van der Waals surface area contributed by atoms with Crippen LogP contribution in [0.25, 0.3) is 0 Å². The molecule has 22 heavy (non-hydrogen) atoms. The Bertz CT molecular complexity index is 522. The molecule has 1 heterocycles. The first-order valence-electron chi connectivity index (χ1n) is 8.53. The Hall–Kier alpha value is -1.55. The molecule has 4 nitrogen and oxygen atoms in total. The number of hydrogen-bond acceptors (Lipinski definition) is 4. The van der Waals surface area contributed by atoms with Crippen LogP contribution < -0.4 is 15.4 Å². The summed E-state index contributed by atoms with van der Waals surface area (Å²) in [4.78, 5) is 12.4. The summed E-state index contributed by atoms with van der Waals surface area (Å²) >= 11 is 0. The second kappa shape index (κ2) is 7.14. The maximum atomic E-state index is 12.4. The maximum absolute atomic E-state index is 12.4. The topological polar surface area (TPSA) is 50.4 Å². The predicted octanol–water partition coefficient (Wildman–Crippen LogP) is 3.37. The van der Waals surface area contributed by atoms with Crippen molar-refractivity contribution < 1.29 is 9.53 Å². The van der Waals surface area contributed by atoms with Crippen LogP contribution in [0, 0.1) is 0 Å².